The van der Waals surface area contributed by atoms with E-state index in [1.807, 2.05) is 6.92 Å². The fourth-order valence-electron chi connectivity index (χ4n) is 4.10. The van der Waals surface area contributed by atoms with Crippen molar-refractivity contribution < 1.29 is 13.9 Å². The van der Waals surface area contributed by atoms with E-state index in [0.717, 1.165) is 70.4 Å². The van der Waals surface area contributed by atoms with Gasteiger partial charge >= 0.3 is 0 Å². The highest BCUT2D eigenvalue weighted by atomic mass is 16.5. The molecule has 4 heterocycles. The summed E-state index contributed by atoms with van der Waals surface area (Å²) in [6.45, 7) is 8.76. The van der Waals surface area contributed by atoms with Gasteiger partial charge in [0.25, 0.3) is 0 Å². The topological polar surface area (TPSA) is 38.1 Å². The molecule has 122 valence electrons. The Kier molecular flexibility index (Phi) is 4.22. The molecule has 3 aliphatic heterocycles. The molecule has 3 aliphatic rings. The third-order valence-corrected chi connectivity index (χ3v) is 5.31. The lowest BCUT2D eigenvalue weighted by atomic mass is 10.1. The van der Waals surface area contributed by atoms with Crippen molar-refractivity contribution in [2.24, 2.45) is 0 Å². The summed E-state index contributed by atoms with van der Waals surface area (Å²) in [4.78, 5) is 5.18. The minimum atomic E-state index is 0.354. The first-order chi connectivity index (χ1) is 10.8. The van der Waals surface area contributed by atoms with E-state index < -0.39 is 0 Å². The van der Waals surface area contributed by atoms with Gasteiger partial charge in [0.05, 0.1) is 25.3 Å². The van der Waals surface area contributed by atoms with Gasteiger partial charge in [0.2, 0.25) is 0 Å². The van der Waals surface area contributed by atoms with Gasteiger partial charge in [0.1, 0.15) is 11.5 Å². The summed E-state index contributed by atoms with van der Waals surface area (Å²) < 4.78 is 17.3. The van der Waals surface area contributed by atoms with E-state index in [9.17, 15) is 0 Å². The monoisotopic (exact) mass is 306 g/mol. The van der Waals surface area contributed by atoms with Crippen LogP contribution in [0.3, 0.4) is 0 Å². The van der Waals surface area contributed by atoms with Crippen LogP contribution in [-0.4, -0.2) is 67.4 Å². The molecule has 0 N–H and O–H groups in total. The van der Waals surface area contributed by atoms with Crippen LogP contribution in [0.5, 0.6) is 0 Å². The van der Waals surface area contributed by atoms with Crippen molar-refractivity contribution in [2.75, 3.05) is 39.5 Å². The van der Waals surface area contributed by atoms with Crippen LogP contribution < -0.4 is 0 Å². The molecule has 5 nitrogen and oxygen atoms in total. The maximum Gasteiger partial charge on any atom is 0.118 e. The number of likely N-dealkylation sites (tertiary alicyclic amines) is 1. The van der Waals surface area contributed by atoms with Crippen LogP contribution >= 0.6 is 0 Å². The summed E-state index contributed by atoms with van der Waals surface area (Å²) in [5, 5.41) is 0. The Hall–Kier alpha value is -0.880. The van der Waals surface area contributed by atoms with Gasteiger partial charge in [-0.15, -0.1) is 0 Å². The molecule has 0 aliphatic carbocycles. The predicted molar refractivity (Wildman–Crippen MR) is 82.8 cm³/mol. The van der Waals surface area contributed by atoms with E-state index in [2.05, 4.69) is 21.9 Å². The van der Waals surface area contributed by atoms with E-state index in [4.69, 9.17) is 13.9 Å². The van der Waals surface area contributed by atoms with Crippen LogP contribution in [0.2, 0.25) is 0 Å². The standard InChI is InChI=1S/C17H26N2O3/c1-13-2-3-15(22-13)10-18-6-9-21-17-12-19(11-16(17)18)14-4-7-20-8-5-14/h2-3,14,16-17H,4-12H2,1H3/t16-,17+/m1/s1. The largest absolute Gasteiger partial charge is 0.465 e. The molecule has 3 saturated heterocycles. The predicted octanol–water partition coefficient (Wildman–Crippen LogP) is 1.65. The van der Waals surface area contributed by atoms with Crippen molar-refractivity contribution >= 4 is 0 Å². The SMILES string of the molecule is Cc1ccc(CN2CCO[C@H]3CN(C4CCOCC4)C[C@H]32)o1. The van der Waals surface area contributed by atoms with Crippen molar-refractivity contribution in [2.45, 2.75) is 44.5 Å². The van der Waals surface area contributed by atoms with E-state index >= 15 is 0 Å². The van der Waals surface area contributed by atoms with Crippen LogP contribution in [0.15, 0.2) is 16.5 Å². The zero-order chi connectivity index (χ0) is 14.9. The van der Waals surface area contributed by atoms with E-state index in [0.29, 0.717) is 18.2 Å². The Morgan fingerprint density at radius 3 is 2.77 bits per heavy atom. The van der Waals surface area contributed by atoms with Gasteiger partial charge in [-0.25, -0.2) is 0 Å². The molecule has 0 aromatic carbocycles. The first-order valence-electron chi connectivity index (χ1n) is 8.52. The number of rotatable bonds is 3. The molecule has 0 amide bonds. The smallest absolute Gasteiger partial charge is 0.118 e. The second-order valence-corrected chi connectivity index (χ2v) is 6.76. The van der Waals surface area contributed by atoms with Crippen molar-refractivity contribution in [3.05, 3.63) is 23.7 Å². The molecule has 0 spiro atoms. The Bertz CT molecular complexity index is 498. The molecular formula is C17H26N2O3. The summed E-state index contributed by atoms with van der Waals surface area (Å²) in [5.41, 5.74) is 0. The molecule has 0 unspecified atom stereocenters. The summed E-state index contributed by atoms with van der Waals surface area (Å²) in [6, 6.07) is 5.33. The van der Waals surface area contributed by atoms with Crippen LogP contribution in [-0.2, 0) is 16.0 Å². The van der Waals surface area contributed by atoms with Crippen LogP contribution in [0.4, 0.5) is 0 Å². The average Bonchev–Trinajstić information content (AvgIpc) is 3.15. The van der Waals surface area contributed by atoms with Crippen LogP contribution in [0.25, 0.3) is 0 Å². The number of hydrogen-bond donors (Lipinski definition) is 0. The number of ether oxygens (including phenoxy) is 2. The Balaban J connectivity index is 1.42. The second-order valence-electron chi connectivity index (χ2n) is 6.76. The lowest BCUT2D eigenvalue weighted by molar-refractivity contribution is -0.0527. The molecular weight excluding hydrogens is 280 g/mol. The van der Waals surface area contributed by atoms with Crippen molar-refractivity contribution in [1.29, 1.82) is 0 Å². The lowest BCUT2D eigenvalue weighted by Gasteiger charge is -2.36. The Morgan fingerprint density at radius 1 is 1.14 bits per heavy atom. The molecule has 0 bridgehead atoms. The quantitative estimate of drug-likeness (QED) is 0.849. The normalized spacial score (nSPS) is 31.5. The molecule has 5 heteroatoms. The maximum absolute atomic E-state index is 6.05. The molecule has 1 aromatic heterocycles. The summed E-state index contributed by atoms with van der Waals surface area (Å²) >= 11 is 0. The molecule has 2 atom stereocenters. The minimum absolute atomic E-state index is 0.354. The Morgan fingerprint density at radius 2 is 2.00 bits per heavy atom. The number of morpholine rings is 1. The zero-order valence-electron chi connectivity index (χ0n) is 13.4. The number of aryl methyl sites for hydroxylation is 1. The van der Waals surface area contributed by atoms with Crippen molar-refractivity contribution in [1.82, 2.24) is 9.80 Å². The van der Waals surface area contributed by atoms with Gasteiger partial charge in [-0.05, 0) is 31.9 Å². The van der Waals surface area contributed by atoms with Crippen LogP contribution in [0, 0.1) is 6.92 Å². The third-order valence-electron chi connectivity index (χ3n) is 5.31. The second kappa shape index (κ2) is 6.32. The summed E-state index contributed by atoms with van der Waals surface area (Å²) in [7, 11) is 0. The van der Waals surface area contributed by atoms with Gasteiger partial charge in [0, 0.05) is 38.9 Å². The number of furan rings is 1. The minimum Gasteiger partial charge on any atom is -0.465 e. The van der Waals surface area contributed by atoms with E-state index in [-0.39, 0.29) is 0 Å². The van der Waals surface area contributed by atoms with Crippen molar-refractivity contribution in [3.63, 3.8) is 0 Å². The lowest BCUT2D eigenvalue weighted by Crippen LogP contribution is -2.50. The zero-order valence-corrected chi connectivity index (χ0v) is 13.4. The third kappa shape index (κ3) is 2.95. The highest BCUT2D eigenvalue weighted by Crippen LogP contribution is 2.28. The fourth-order valence-corrected chi connectivity index (χ4v) is 4.10. The molecule has 22 heavy (non-hydrogen) atoms. The number of fused-ring (bicyclic) bond motifs is 1. The van der Waals surface area contributed by atoms with Gasteiger partial charge < -0.3 is 13.9 Å². The first-order valence-corrected chi connectivity index (χ1v) is 8.52. The first kappa shape index (κ1) is 14.7. The van der Waals surface area contributed by atoms with E-state index in [1.165, 1.54) is 0 Å². The molecule has 1 aromatic rings. The molecule has 3 fully saturated rings. The Labute approximate surface area is 132 Å². The highest BCUT2D eigenvalue weighted by molar-refractivity contribution is 5.07. The summed E-state index contributed by atoms with van der Waals surface area (Å²) in [5.74, 6) is 2.07. The van der Waals surface area contributed by atoms with Gasteiger partial charge in [-0.3, -0.25) is 9.80 Å². The summed E-state index contributed by atoms with van der Waals surface area (Å²) in [6.07, 6.45) is 2.68. The van der Waals surface area contributed by atoms with Gasteiger partial charge in [-0.1, -0.05) is 0 Å². The molecule has 0 radical (unpaired) electrons. The van der Waals surface area contributed by atoms with Crippen molar-refractivity contribution in [3.8, 4) is 0 Å². The van der Waals surface area contributed by atoms with E-state index in [1.54, 1.807) is 0 Å². The highest BCUT2D eigenvalue weighted by Gasteiger charge is 2.42. The van der Waals surface area contributed by atoms with Gasteiger partial charge in [-0.2, -0.15) is 0 Å². The maximum atomic E-state index is 6.05. The van der Waals surface area contributed by atoms with Gasteiger partial charge in [0.15, 0.2) is 0 Å². The molecule has 4 rings (SSSR count). The molecule has 0 saturated carbocycles. The average molecular weight is 306 g/mol. The number of hydrogen-bond acceptors (Lipinski definition) is 5. The fraction of sp³-hybridized carbons (Fsp3) is 0.765. The number of nitrogens with zero attached hydrogens (tertiary/aromatic N) is 2. The van der Waals surface area contributed by atoms with Crippen LogP contribution in [0.1, 0.15) is 24.4 Å².